The molecule has 0 aromatic rings. The molecule has 1 heterocycles. The fourth-order valence-corrected chi connectivity index (χ4v) is 3.23. The number of allylic oxidation sites excluding steroid dienone is 1. The number of aliphatic carboxylic acids is 2. The first-order valence-corrected chi connectivity index (χ1v) is 6.18. The lowest BCUT2D eigenvalue weighted by molar-refractivity contribution is -0.157. The maximum atomic E-state index is 11.6. The van der Waals surface area contributed by atoms with Crippen molar-refractivity contribution in [3.8, 4) is 0 Å². The standard InChI is InChI=1S/C13H21NO4/c1-5-13(6-2)9(10(15)16)8(3)14-7-12(13,4)11(17)18/h14H,5-7H2,1-4H3,(H,15,16)(H,17,18). The fourth-order valence-electron chi connectivity index (χ4n) is 3.23. The van der Waals surface area contributed by atoms with Gasteiger partial charge in [0.05, 0.1) is 11.0 Å². The lowest BCUT2D eigenvalue weighted by Gasteiger charge is -2.49. The molecule has 0 spiro atoms. The Morgan fingerprint density at radius 1 is 1.28 bits per heavy atom. The van der Waals surface area contributed by atoms with Crippen LogP contribution in [0.15, 0.2) is 11.3 Å². The Bertz CT molecular complexity index is 409. The Labute approximate surface area is 107 Å². The predicted octanol–water partition coefficient (Wildman–Crippen LogP) is 1.85. The van der Waals surface area contributed by atoms with E-state index in [1.807, 2.05) is 13.8 Å². The van der Waals surface area contributed by atoms with Gasteiger partial charge in [-0.2, -0.15) is 0 Å². The molecule has 1 unspecified atom stereocenters. The van der Waals surface area contributed by atoms with Gasteiger partial charge in [-0.05, 0) is 26.7 Å². The smallest absolute Gasteiger partial charge is 0.333 e. The van der Waals surface area contributed by atoms with Gasteiger partial charge in [0.15, 0.2) is 0 Å². The number of nitrogens with one attached hydrogen (secondary N) is 1. The van der Waals surface area contributed by atoms with Crippen LogP contribution in [0, 0.1) is 10.8 Å². The first-order valence-electron chi connectivity index (χ1n) is 6.18. The quantitative estimate of drug-likeness (QED) is 0.713. The average Bonchev–Trinajstić information content (AvgIpc) is 2.31. The molecule has 0 aromatic heterocycles. The van der Waals surface area contributed by atoms with E-state index in [0.29, 0.717) is 18.5 Å². The molecule has 18 heavy (non-hydrogen) atoms. The molecule has 1 rings (SSSR count). The van der Waals surface area contributed by atoms with Crippen LogP contribution >= 0.6 is 0 Å². The van der Waals surface area contributed by atoms with E-state index in [1.54, 1.807) is 13.8 Å². The Balaban J connectivity index is 3.57. The zero-order valence-electron chi connectivity index (χ0n) is 11.3. The van der Waals surface area contributed by atoms with Gasteiger partial charge in [-0.25, -0.2) is 4.79 Å². The second-order valence-corrected chi connectivity index (χ2v) is 5.09. The summed E-state index contributed by atoms with van der Waals surface area (Å²) in [5.41, 5.74) is -1.16. The van der Waals surface area contributed by atoms with Gasteiger partial charge in [-0.1, -0.05) is 13.8 Å². The van der Waals surface area contributed by atoms with Crippen LogP contribution in [0.3, 0.4) is 0 Å². The second-order valence-electron chi connectivity index (χ2n) is 5.09. The molecule has 1 aliphatic rings. The minimum absolute atomic E-state index is 0.212. The number of hydrogen-bond acceptors (Lipinski definition) is 3. The molecule has 0 saturated heterocycles. The zero-order chi connectivity index (χ0) is 14.1. The molecule has 102 valence electrons. The number of carboxylic acid groups (broad SMARTS) is 2. The normalized spacial score (nSPS) is 26.7. The summed E-state index contributed by atoms with van der Waals surface area (Å²) in [6.07, 6.45) is 0.986. The van der Waals surface area contributed by atoms with Crippen LogP contribution in [-0.2, 0) is 9.59 Å². The van der Waals surface area contributed by atoms with Crippen molar-refractivity contribution in [2.24, 2.45) is 10.8 Å². The van der Waals surface area contributed by atoms with E-state index < -0.39 is 22.8 Å². The minimum atomic E-state index is -1.11. The first kappa shape index (κ1) is 14.5. The van der Waals surface area contributed by atoms with E-state index in [-0.39, 0.29) is 12.1 Å². The first-order chi connectivity index (χ1) is 8.26. The summed E-state index contributed by atoms with van der Waals surface area (Å²) < 4.78 is 0. The molecule has 1 aliphatic heterocycles. The molecule has 1 atom stereocenters. The van der Waals surface area contributed by atoms with Crippen molar-refractivity contribution in [2.75, 3.05) is 6.54 Å². The maximum absolute atomic E-state index is 11.6. The average molecular weight is 255 g/mol. The van der Waals surface area contributed by atoms with Crippen LogP contribution in [0.2, 0.25) is 0 Å². The largest absolute Gasteiger partial charge is 0.481 e. The van der Waals surface area contributed by atoms with Crippen molar-refractivity contribution in [3.05, 3.63) is 11.3 Å². The highest BCUT2D eigenvalue weighted by Crippen LogP contribution is 2.53. The summed E-state index contributed by atoms with van der Waals surface area (Å²) in [4.78, 5) is 23.1. The van der Waals surface area contributed by atoms with Crippen molar-refractivity contribution in [1.29, 1.82) is 0 Å². The van der Waals surface area contributed by atoms with E-state index in [0.717, 1.165) is 0 Å². The second kappa shape index (κ2) is 4.63. The third kappa shape index (κ3) is 1.69. The number of carbonyl (C=O) groups is 2. The zero-order valence-corrected chi connectivity index (χ0v) is 11.3. The van der Waals surface area contributed by atoms with Gasteiger partial charge in [-0.15, -0.1) is 0 Å². The summed E-state index contributed by atoms with van der Waals surface area (Å²) >= 11 is 0. The summed E-state index contributed by atoms with van der Waals surface area (Å²) in [5.74, 6) is -1.99. The molecule has 0 fully saturated rings. The molecule has 0 aliphatic carbocycles. The van der Waals surface area contributed by atoms with E-state index in [1.165, 1.54) is 0 Å². The Kier molecular flexibility index (Phi) is 3.74. The van der Waals surface area contributed by atoms with E-state index in [2.05, 4.69) is 5.32 Å². The van der Waals surface area contributed by atoms with Gasteiger partial charge in [0, 0.05) is 17.7 Å². The van der Waals surface area contributed by atoms with Gasteiger partial charge < -0.3 is 15.5 Å². The molecular formula is C13H21NO4. The van der Waals surface area contributed by atoms with Gasteiger partial charge in [-0.3, -0.25) is 4.79 Å². The molecule has 5 nitrogen and oxygen atoms in total. The topological polar surface area (TPSA) is 86.6 Å². The lowest BCUT2D eigenvalue weighted by Crippen LogP contribution is -2.57. The lowest BCUT2D eigenvalue weighted by atomic mass is 9.55. The maximum Gasteiger partial charge on any atom is 0.333 e. The van der Waals surface area contributed by atoms with Gasteiger partial charge >= 0.3 is 11.9 Å². The van der Waals surface area contributed by atoms with Crippen LogP contribution in [0.4, 0.5) is 0 Å². The molecular weight excluding hydrogens is 234 g/mol. The highest BCUT2D eigenvalue weighted by molar-refractivity contribution is 5.92. The summed E-state index contributed by atoms with van der Waals surface area (Å²) in [6, 6.07) is 0. The van der Waals surface area contributed by atoms with Crippen LogP contribution in [0.1, 0.15) is 40.5 Å². The molecule has 5 heteroatoms. The molecule has 0 bridgehead atoms. The van der Waals surface area contributed by atoms with Crippen LogP contribution in [-0.4, -0.2) is 28.7 Å². The van der Waals surface area contributed by atoms with Crippen LogP contribution in [0.5, 0.6) is 0 Å². The van der Waals surface area contributed by atoms with E-state index in [9.17, 15) is 19.8 Å². The van der Waals surface area contributed by atoms with E-state index >= 15 is 0 Å². The molecule has 0 saturated carbocycles. The van der Waals surface area contributed by atoms with Crippen LogP contribution in [0.25, 0.3) is 0 Å². The molecule has 0 radical (unpaired) electrons. The minimum Gasteiger partial charge on any atom is -0.481 e. The van der Waals surface area contributed by atoms with Gasteiger partial charge in [0.25, 0.3) is 0 Å². The SMILES string of the molecule is CCC1(CC)C(C(=O)O)=C(C)NCC1(C)C(=O)O. The molecule has 3 N–H and O–H groups in total. The Hall–Kier alpha value is -1.52. The number of carboxylic acids is 2. The molecule has 0 amide bonds. The highest BCUT2D eigenvalue weighted by atomic mass is 16.4. The van der Waals surface area contributed by atoms with Crippen molar-refractivity contribution in [2.45, 2.75) is 40.5 Å². The Morgan fingerprint density at radius 2 is 1.78 bits per heavy atom. The fraction of sp³-hybridized carbons (Fsp3) is 0.692. The summed E-state index contributed by atoms with van der Waals surface area (Å²) in [6.45, 7) is 7.29. The summed E-state index contributed by atoms with van der Waals surface area (Å²) in [5, 5.41) is 21.9. The van der Waals surface area contributed by atoms with Crippen molar-refractivity contribution in [1.82, 2.24) is 5.32 Å². The van der Waals surface area contributed by atoms with Gasteiger partial charge in [0.1, 0.15) is 0 Å². The predicted molar refractivity (Wildman–Crippen MR) is 67.1 cm³/mol. The highest BCUT2D eigenvalue weighted by Gasteiger charge is 2.57. The monoisotopic (exact) mass is 255 g/mol. The number of hydrogen-bond donors (Lipinski definition) is 3. The third-order valence-corrected chi connectivity index (χ3v) is 4.51. The van der Waals surface area contributed by atoms with Crippen LogP contribution < -0.4 is 5.32 Å². The molecule has 0 aromatic carbocycles. The Morgan fingerprint density at radius 3 is 2.11 bits per heavy atom. The van der Waals surface area contributed by atoms with Crippen molar-refractivity contribution in [3.63, 3.8) is 0 Å². The third-order valence-electron chi connectivity index (χ3n) is 4.51. The van der Waals surface area contributed by atoms with Gasteiger partial charge in [0.2, 0.25) is 0 Å². The summed E-state index contributed by atoms with van der Waals surface area (Å²) in [7, 11) is 0. The van der Waals surface area contributed by atoms with Crippen molar-refractivity contribution >= 4 is 11.9 Å². The van der Waals surface area contributed by atoms with Crippen molar-refractivity contribution < 1.29 is 19.8 Å². The van der Waals surface area contributed by atoms with E-state index in [4.69, 9.17) is 0 Å². The number of rotatable bonds is 4.